The van der Waals surface area contributed by atoms with Crippen LogP contribution in [0.3, 0.4) is 0 Å². The zero-order chi connectivity index (χ0) is 13.7. The maximum Gasteiger partial charge on any atom is 0.254 e. The van der Waals surface area contributed by atoms with E-state index >= 15 is 0 Å². The van der Waals surface area contributed by atoms with Gasteiger partial charge in [0.25, 0.3) is 5.91 Å². The van der Waals surface area contributed by atoms with E-state index in [9.17, 15) is 4.79 Å². The first kappa shape index (κ1) is 12.7. The molecule has 0 radical (unpaired) electrons. The Morgan fingerprint density at radius 1 is 1.16 bits per heavy atom. The van der Waals surface area contributed by atoms with Gasteiger partial charge in [0.1, 0.15) is 0 Å². The molecular formula is C17H23NO. The third kappa shape index (κ3) is 2.29. The van der Waals surface area contributed by atoms with Gasteiger partial charge in [-0.05, 0) is 42.2 Å². The fourth-order valence-corrected chi connectivity index (χ4v) is 4.44. The Balaban J connectivity index is 1.86. The van der Waals surface area contributed by atoms with E-state index in [0.29, 0.717) is 16.9 Å². The summed E-state index contributed by atoms with van der Waals surface area (Å²) in [5.74, 6) is 0.215. The Kier molecular flexibility index (Phi) is 2.74. The molecule has 2 aliphatic rings. The zero-order valence-electron chi connectivity index (χ0n) is 12.1. The minimum atomic E-state index is 0.215. The first-order valence-electron chi connectivity index (χ1n) is 7.25. The zero-order valence-corrected chi connectivity index (χ0v) is 12.1. The Bertz CT molecular complexity index is 493. The molecule has 3 rings (SSSR count). The van der Waals surface area contributed by atoms with Crippen LogP contribution in [0, 0.1) is 10.8 Å². The lowest BCUT2D eigenvalue weighted by Crippen LogP contribution is -2.37. The average molecular weight is 257 g/mol. The van der Waals surface area contributed by atoms with Crippen molar-refractivity contribution < 1.29 is 4.79 Å². The van der Waals surface area contributed by atoms with Crippen LogP contribution in [0.2, 0.25) is 0 Å². The Morgan fingerprint density at radius 3 is 2.53 bits per heavy atom. The smallest absolute Gasteiger partial charge is 0.254 e. The van der Waals surface area contributed by atoms with Crippen LogP contribution < -0.4 is 0 Å². The lowest BCUT2D eigenvalue weighted by molar-refractivity contribution is 0.0708. The Labute approximate surface area is 115 Å². The topological polar surface area (TPSA) is 20.3 Å². The van der Waals surface area contributed by atoms with Crippen molar-refractivity contribution in [3.05, 3.63) is 35.9 Å². The van der Waals surface area contributed by atoms with Gasteiger partial charge in [0.2, 0.25) is 0 Å². The van der Waals surface area contributed by atoms with Gasteiger partial charge in [-0.2, -0.15) is 0 Å². The molecule has 2 fully saturated rings. The predicted octanol–water partition coefficient (Wildman–Crippen LogP) is 3.73. The molecule has 1 aliphatic heterocycles. The second-order valence-corrected chi connectivity index (χ2v) is 7.51. The maximum atomic E-state index is 12.7. The number of carbonyl (C=O) groups is 1. The summed E-state index contributed by atoms with van der Waals surface area (Å²) >= 11 is 0. The second kappa shape index (κ2) is 4.09. The van der Waals surface area contributed by atoms with Crippen LogP contribution in [0.15, 0.2) is 30.3 Å². The van der Waals surface area contributed by atoms with Gasteiger partial charge in [-0.15, -0.1) is 0 Å². The summed E-state index contributed by atoms with van der Waals surface area (Å²) in [6, 6.07) is 10.1. The van der Waals surface area contributed by atoms with Gasteiger partial charge in [0, 0.05) is 18.2 Å². The Hall–Kier alpha value is -1.31. The number of amides is 1. The van der Waals surface area contributed by atoms with Crippen molar-refractivity contribution in [1.82, 2.24) is 4.90 Å². The lowest BCUT2D eigenvalue weighted by atomic mass is 9.65. The van der Waals surface area contributed by atoms with Crippen molar-refractivity contribution >= 4 is 5.91 Å². The molecule has 2 bridgehead atoms. The number of hydrogen-bond acceptors (Lipinski definition) is 1. The number of carbonyl (C=O) groups excluding carboxylic acids is 1. The summed E-state index contributed by atoms with van der Waals surface area (Å²) in [4.78, 5) is 14.8. The highest BCUT2D eigenvalue weighted by atomic mass is 16.2. The van der Waals surface area contributed by atoms with Crippen molar-refractivity contribution in [3.63, 3.8) is 0 Å². The first-order chi connectivity index (χ1) is 8.89. The van der Waals surface area contributed by atoms with Crippen LogP contribution in [0.5, 0.6) is 0 Å². The van der Waals surface area contributed by atoms with Crippen LogP contribution in [0.4, 0.5) is 0 Å². The third-order valence-corrected chi connectivity index (χ3v) is 4.70. The van der Waals surface area contributed by atoms with Crippen LogP contribution in [-0.2, 0) is 0 Å². The highest BCUT2D eigenvalue weighted by Gasteiger charge is 2.50. The van der Waals surface area contributed by atoms with E-state index in [1.165, 1.54) is 12.8 Å². The number of rotatable bonds is 1. The minimum Gasteiger partial charge on any atom is -0.335 e. The molecule has 1 aromatic rings. The summed E-state index contributed by atoms with van der Waals surface area (Å²) in [6.07, 6.45) is 3.55. The van der Waals surface area contributed by atoms with E-state index in [1.807, 2.05) is 30.3 Å². The summed E-state index contributed by atoms with van der Waals surface area (Å²) in [5.41, 5.74) is 1.51. The molecule has 102 valence electrons. The average Bonchev–Trinajstić information content (AvgIpc) is 2.59. The number of benzene rings is 1. The summed E-state index contributed by atoms with van der Waals surface area (Å²) in [5, 5.41) is 0. The minimum absolute atomic E-state index is 0.215. The molecule has 1 saturated carbocycles. The largest absolute Gasteiger partial charge is 0.335 e. The normalized spacial score (nSPS) is 32.4. The fourth-order valence-electron chi connectivity index (χ4n) is 4.44. The van der Waals surface area contributed by atoms with Crippen molar-refractivity contribution in [2.45, 2.75) is 46.1 Å². The molecule has 2 heteroatoms. The molecule has 2 nitrogen and oxygen atoms in total. The van der Waals surface area contributed by atoms with Gasteiger partial charge in [-0.3, -0.25) is 4.79 Å². The van der Waals surface area contributed by atoms with Crippen LogP contribution in [0.1, 0.15) is 50.4 Å². The summed E-state index contributed by atoms with van der Waals surface area (Å²) in [7, 11) is 0. The molecule has 1 amide bonds. The molecule has 0 aromatic heterocycles. The van der Waals surface area contributed by atoms with Crippen LogP contribution >= 0.6 is 0 Å². The van der Waals surface area contributed by atoms with Gasteiger partial charge >= 0.3 is 0 Å². The van der Waals surface area contributed by atoms with Gasteiger partial charge in [0.05, 0.1) is 0 Å². The van der Waals surface area contributed by atoms with Crippen LogP contribution in [-0.4, -0.2) is 23.4 Å². The van der Waals surface area contributed by atoms with Crippen molar-refractivity contribution in [3.8, 4) is 0 Å². The van der Waals surface area contributed by atoms with Crippen molar-refractivity contribution in [2.75, 3.05) is 6.54 Å². The molecular weight excluding hydrogens is 234 g/mol. The standard InChI is InChI=1S/C17H23NO/c1-16(2)9-14-10-17(3,11-16)12-18(14)15(19)13-7-5-4-6-8-13/h4-8,14H,9-12H2,1-3H3/t14-,17-/m0/s1. The third-order valence-electron chi connectivity index (χ3n) is 4.70. The molecule has 1 aliphatic carbocycles. The number of likely N-dealkylation sites (tertiary alicyclic amines) is 1. The number of hydrogen-bond donors (Lipinski definition) is 0. The fraction of sp³-hybridized carbons (Fsp3) is 0.588. The summed E-state index contributed by atoms with van der Waals surface area (Å²) in [6.45, 7) is 7.95. The van der Waals surface area contributed by atoms with E-state index in [0.717, 1.165) is 18.5 Å². The van der Waals surface area contributed by atoms with Crippen molar-refractivity contribution in [1.29, 1.82) is 0 Å². The van der Waals surface area contributed by atoms with E-state index in [1.54, 1.807) is 0 Å². The van der Waals surface area contributed by atoms with Gasteiger partial charge < -0.3 is 4.90 Å². The molecule has 2 atom stereocenters. The molecule has 1 heterocycles. The van der Waals surface area contributed by atoms with E-state index in [4.69, 9.17) is 0 Å². The highest BCUT2D eigenvalue weighted by Crippen LogP contribution is 2.52. The predicted molar refractivity (Wildman–Crippen MR) is 77.0 cm³/mol. The second-order valence-electron chi connectivity index (χ2n) is 7.51. The van der Waals surface area contributed by atoms with E-state index in [-0.39, 0.29) is 5.91 Å². The number of fused-ring (bicyclic) bond motifs is 2. The molecule has 0 unspecified atom stereocenters. The monoisotopic (exact) mass is 257 g/mol. The number of nitrogens with zero attached hydrogens (tertiary/aromatic N) is 1. The molecule has 0 spiro atoms. The SMILES string of the molecule is CC1(C)C[C@H]2C[C@](C)(CN2C(=O)c2ccccc2)C1. The Morgan fingerprint density at radius 2 is 1.84 bits per heavy atom. The van der Waals surface area contributed by atoms with E-state index in [2.05, 4.69) is 25.7 Å². The maximum absolute atomic E-state index is 12.7. The molecule has 1 saturated heterocycles. The van der Waals surface area contributed by atoms with Gasteiger partial charge in [0.15, 0.2) is 0 Å². The lowest BCUT2D eigenvalue weighted by Gasteiger charge is -2.39. The first-order valence-corrected chi connectivity index (χ1v) is 7.25. The quantitative estimate of drug-likeness (QED) is 0.750. The highest BCUT2D eigenvalue weighted by molar-refractivity contribution is 5.94. The van der Waals surface area contributed by atoms with Crippen LogP contribution in [0.25, 0.3) is 0 Å². The molecule has 0 N–H and O–H groups in total. The van der Waals surface area contributed by atoms with Crippen molar-refractivity contribution in [2.24, 2.45) is 10.8 Å². The van der Waals surface area contributed by atoms with Gasteiger partial charge in [-0.1, -0.05) is 39.0 Å². The summed E-state index contributed by atoms with van der Waals surface area (Å²) < 4.78 is 0. The van der Waals surface area contributed by atoms with E-state index < -0.39 is 0 Å². The molecule has 1 aromatic carbocycles. The molecule has 19 heavy (non-hydrogen) atoms. The van der Waals surface area contributed by atoms with Gasteiger partial charge in [-0.25, -0.2) is 0 Å².